The van der Waals surface area contributed by atoms with Crippen molar-refractivity contribution in [1.82, 2.24) is 0 Å². The van der Waals surface area contributed by atoms with Gasteiger partial charge < -0.3 is 5.21 Å². The fraction of sp³-hybridized carbons (Fsp3) is 0.389. The van der Waals surface area contributed by atoms with E-state index in [0.29, 0.717) is 27.3 Å². The molecule has 0 aliphatic rings. The predicted octanol–water partition coefficient (Wildman–Crippen LogP) is 3.87. The Morgan fingerprint density at radius 2 is 1.82 bits per heavy atom. The van der Waals surface area contributed by atoms with Crippen LogP contribution in [-0.2, 0) is 16.6 Å². The van der Waals surface area contributed by atoms with Gasteiger partial charge in [-0.05, 0) is 34.6 Å². The van der Waals surface area contributed by atoms with Crippen molar-refractivity contribution in [2.24, 2.45) is 0 Å². The van der Waals surface area contributed by atoms with Crippen LogP contribution in [0.1, 0.15) is 56.2 Å². The molecule has 1 aromatic carbocycles. The van der Waals surface area contributed by atoms with E-state index in [9.17, 15) is 9.42 Å². The van der Waals surface area contributed by atoms with Crippen LogP contribution in [-0.4, -0.2) is 4.21 Å². The maximum Gasteiger partial charge on any atom is 0.281 e. The number of nitrogens with zero attached hydrogens (tertiary/aromatic N) is 1. The molecule has 0 saturated carbocycles. The summed E-state index contributed by atoms with van der Waals surface area (Å²) in [6.45, 7) is 8.56. The third-order valence-electron chi connectivity index (χ3n) is 3.76. The summed E-state index contributed by atoms with van der Waals surface area (Å²) in [6.07, 6.45) is 1.39. The van der Waals surface area contributed by atoms with Gasteiger partial charge in [0.05, 0.1) is 5.75 Å². The molecular weight excluding hydrogens is 294 g/mol. The molecule has 118 valence electrons. The van der Waals surface area contributed by atoms with E-state index in [-0.39, 0.29) is 0 Å². The Bertz CT molecular complexity index is 681. The van der Waals surface area contributed by atoms with E-state index in [1.165, 1.54) is 17.3 Å². The standard InChI is InChI=1S/C18H23NO2S/c1-13(2)15-8-9-17(14(3)4)16(11-15)12-22(21)18-7-5-6-10-19(18)20/h5-11,13-14H,12H2,1-4H3. The fourth-order valence-electron chi connectivity index (χ4n) is 2.48. The van der Waals surface area contributed by atoms with E-state index in [0.717, 1.165) is 5.56 Å². The third-order valence-corrected chi connectivity index (χ3v) is 5.12. The van der Waals surface area contributed by atoms with Crippen molar-refractivity contribution in [1.29, 1.82) is 0 Å². The van der Waals surface area contributed by atoms with Crippen molar-refractivity contribution in [3.05, 3.63) is 64.5 Å². The maximum absolute atomic E-state index is 12.6. The quantitative estimate of drug-likeness (QED) is 0.620. The highest BCUT2D eigenvalue weighted by molar-refractivity contribution is 7.84. The third kappa shape index (κ3) is 3.74. The molecular formula is C18H23NO2S. The van der Waals surface area contributed by atoms with Crippen molar-refractivity contribution >= 4 is 10.8 Å². The van der Waals surface area contributed by atoms with Gasteiger partial charge >= 0.3 is 0 Å². The highest BCUT2D eigenvalue weighted by Crippen LogP contribution is 2.26. The molecule has 22 heavy (non-hydrogen) atoms. The molecule has 0 bridgehead atoms. The van der Waals surface area contributed by atoms with Crippen LogP contribution in [0.5, 0.6) is 0 Å². The van der Waals surface area contributed by atoms with Crippen molar-refractivity contribution in [3.63, 3.8) is 0 Å². The lowest BCUT2D eigenvalue weighted by molar-refractivity contribution is -0.646. The molecule has 0 aliphatic heterocycles. The van der Waals surface area contributed by atoms with E-state index < -0.39 is 10.8 Å². The molecule has 3 nitrogen and oxygen atoms in total. The number of aromatic nitrogens is 1. The minimum atomic E-state index is -1.34. The first-order chi connectivity index (χ1) is 10.4. The van der Waals surface area contributed by atoms with Gasteiger partial charge in [-0.15, -0.1) is 0 Å². The summed E-state index contributed by atoms with van der Waals surface area (Å²) in [5, 5.41) is 12.1. The zero-order chi connectivity index (χ0) is 16.3. The maximum atomic E-state index is 12.6. The summed E-state index contributed by atoms with van der Waals surface area (Å²) >= 11 is 0. The Balaban J connectivity index is 2.37. The van der Waals surface area contributed by atoms with Crippen LogP contribution in [0.25, 0.3) is 0 Å². The SMILES string of the molecule is CC(C)c1ccc(C(C)C)c(CS(=O)c2cccc[n+]2[O-])c1. The predicted molar refractivity (Wildman–Crippen MR) is 90.1 cm³/mol. The number of hydrogen-bond donors (Lipinski definition) is 0. The summed E-state index contributed by atoms with van der Waals surface area (Å²) in [7, 11) is -1.34. The summed E-state index contributed by atoms with van der Waals surface area (Å²) in [4.78, 5) is 0. The Hall–Kier alpha value is -1.68. The normalized spacial score (nSPS) is 12.8. The molecule has 2 aromatic rings. The smallest absolute Gasteiger partial charge is 0.281 e. The number of hydrogen-bond acceptors (Lipinski definition) is 2. The molecule has 0 saturated heterocycles. The first-order valence-electron chi connectivity index (χ1n) is 7.59. The van der Waals surface area contributed by atoms with E-state index in [1.807, 2.05) is 0 Å². The van der Waals surface area contributed by atoms with Gasteiger partial charge in [0, 0.05) is 12.1 Å². The molecule has 0 spiro atoms. The molecule has 0 aliphatic carbocycles. The minimum absolute atomic E-state index is 0.312. The van der Waals surface area contributed by atoms with Gasteiger partial charge in [0.15, 0.2) is 6.20 Å². The second kappa shape index (κ2) is 7.05. The van der Waals surface area contributed by atoms with Crippen LogP contribution in [0.4, 0.5) is 0 Å². The lowest BCUT2D eigenvalue weighted by Crippen LogP contribution is -2.31. The van der Waals surface area contributed by atoms with E-state index in [4.69, 9.17) is 0 Å². The van der Waals surface area contributed by atoms with Crippen molar-refractivity contribution in [3.8, 4) is 0 Å². The summed E-state index contributed by atoms with van der Waals surface area (Å²) < 4.78 is 13.3. The molecule has 1 unspecified atom stereocenters. The van der Waals surface area contributed by atoms with Gasteiger partial charge in [0.1, 0.15) is 10.8 Å². The fourth-order valence-corrected chi connectivity index (χ4v) is 3.65. The number of rotatable bonds is 5. The zero-order valence-corrected chi connectivity index (χ0v) is 14.4. The van der Waals surface area contributed by atoms with Crippen molar-refractivity contribution in [2.75, 3.05) is 0 Å². The summed E-state index contributed by atoms with van der Waals surface area (Å²) in [5.74, 6) is 1.17. The summed E-state index contributed by atoms with van der Waals surface area (Å²) in [6, 6.07) is 11.4. The van der Waals surface area contributed by atoms with Crippen LogP contribution < -0.4 is 4.73 Å². The Labute approximate surface area is 135 Å². The van der Waals surface area contributed by atoms with Gasteiger partial charge in [0.25, 0.3) is 5.03 Å². The number of benzene rings is 1. The van der Waals surface area contributed by atoms with Gasteiger partial charge in [-0.2, -0.15) is 4.73 Å². The van der Waals surface area contributed by atoms with Gasteiger partial charge in [-0.1, -0.05) is 45.9 Å². The summed E-state index contributed by atoms with van der Waals surface area (Å²) in [5.41, 5.74) is 3.51. The van der Waals surface area contributed by atoms with Crippen LogP contribution in [0.15, 0.2) is 47.6 Å². The second-order valence-electron chi connectivity index (χ2n) is 6.12. The van der Waals surface area contributed by atoms with Crippen LogP contribution in [0.2, 0.25) is 0 Å². The molecule has 1 heterocycles. The highest BCUT2D eigenvalue weighted by Gasteiger charge is 2.17. The van der Waals surface area contributed by atoms with Crippen molar-refractivity contribution < 1.29 is 8.94 Å². The topological polar surface area (TPSA) is 44.0 Å². The molecule has 0 amide bonds. The molecule has 1 aromatic heterocycles. The first kappa shape index (κ1) is 16.7. The average Bonchev–Trinajstić information content (AvgIpc) is 2.47. The van der Waals surface area contributed by atoms with E-state index in [2.05, 4.69) is 45.9 Å². The highest BCUT2D eigenvalue weighted by atomic mass is 32.2. The second-order valence-corrected chi connectivity index (χ2v) is 7.52. The van der Waals surface area contributed by atoms with E-state index in [1.54, 1.807) is 18.2 Å². The van der Waals surface area contributed by atoms with E-state index >= 15 is 0 Å². The lowest BCUT2D eigenvalue weighted by atomic mass is 9.93. The lowest BCUT2D eigenvalue weighted by Gasteiger charge is -2.16. The Kier molecular flexibility index (Phi) is 5.35. The van der Waals surface area contributed by atoms with Gasteiger partial charge in [-0.3, -0.25) is 0 Å². The molecule has 0 radical (unpaired) electrons. The molecule has 1 atom stereocenters. The Morgan fingerprint density at radius 3 is 2.41 bits per heavy atom. The van der Waals surface area contributed by atoms with Crippen LogP contribution >= 0.6 is 0 Å². The molecule has 0 N–H and O–H groups in total. The molecule has 2 rings (SSSR count). The first-order valence-corrected chi connectivity index (χ1v) is 8.91. The molecule has 4 heteroatoms. The monoisotopic (exact) mass is 317 g/mol. The van der Waals surface area contributed by atoms with Crippen molar-refractivity contribution in [2.45, 2.75) is 50.3 Å². The van der Waals surface area contributed by atoms with Gasteiger partial charge in [-0.25, -0.2) is 4.21 Å². The largest absolute Gasteiger partial charge is 0.618 e. The van der Waals surface area contributed by atoms with Crippen LogP contribution in [0, 0.1) is 5.21 Å². The minimum Gasteiger partial charge on any atom is -0.618 e. The van der Waals surface area contributed by atoms with Crippen LogP contribution in [0.3, 0.4) is 0 Å². The molecule has 0 fully saturated rings. The number of pyridine rings is 1. The van der Waals surface area contributed by atoms with Gasteiger partial charge in [0.2, 0.25) is 0 Å². The Morgan fingerprint density at radius 1 is 1.09 bits per heavy atom. The average molecular weight is 317 g/mol. The zero-order valence-electron chi connectivity index (χ0n) is 13.6.